The molecule has 2 N–H and O–H groups in total. The van der Waals surface area contributed by atoms with Crippen LogP contribution in [0.2, 0.25) is 0 Å². The fourth-order valence-corrected chi connectivity index (χ4v) is 5.24. The summed E-state index contributed by atoms with van der Waals surface area (Å²) in [5.41, 5.74) is 9.06. The van der Waals surface area contributed by atoms with E-state index in [1.807, 2.05) is 23.0 Å². The van der Waals surface area contributed by atoms with Gasteiger partial charge in [-0.25, -0.2) is 4.98 Å². The molecular weight excluding hydrogens is 415 g/mol. The largest absolute Gasteiger partial charge is 0.399 e. The third kappa shape index (κ3) is 4.65. The Balaban J connectivity index is 1.49. The van der Waals surface area contributed by atoms with Gasteiger partial charge in [0.05, 0.1) is 24.3 Å². The number of nitrogens with zero attached hydrogens (tertiary/aromatic N) is 3. The predicted octanol–water partition coefficient (Wildman–Crippen LogP) is 4.34. The van der Waals surface area contributed by atoms with Crippen molar-refractivity contribution < 1.29 is 13.9 Å². The molecule has 0 amide bonds. The number of nitrogen functional groups attached to an aromatic ring is 1. The molecule has 1 aliphatic heterocycles. The number of rotatable bonds is 8. The number of ketones is 1. The Kier molecular flexibility index (Phi) is 5.75. The molecule has 8 heteroatoms. The lowest BCUT2D eigenvalue weighted by atomic mass is 9.90. The highest BCUT2D eigenvalue weighted by Crippen LogP contribution is 2.37. The molecule has 31 heavy (non-hydrogen) atoms. The number of Topliss-reactive ketones (excluding diaryl/α,β-unsaturated/α-hetero) is 1. The van der Waals surface area contributed by atoms with Crippen LogP contribution in [-0.2, 0) is 22.4 Å². The van der Waals surface area contributed by atoms with Crippen molar-refractivity contribution in [2.75, 3.05) is 18.9 Å². The van der Waals surface area contributed by atoms with Crippen molar-refractivity contribution >= 4 is 33.7 Å². The molecule has 1 saturated carbocycles. The monoisotopic (exact) mass is 442 g/mol. The molecule has 164 valence electrons. The van der Waals surface area contributed by atoms with Crippen LogP contribution in [0.3, 0.4) is 0 Å². The van der Waals surface area contributed by atoms with E-state index in [-0.39, 0.29) is 17.3 Å². The Morgan fingerprint density at radius 3 is 2.74 bits per heavy atom. The highest BCUT2D eigenvalue weighted by molar-refractivity contribution is 7.10. The first-order valence-electron chi connectivity index (χ1n) is 11.0. The highest BCUT2D eigenvalue weighted by Gasteiger charge is 2.29. The third-order valence-corrected chi connectivity index (χ3v) is 7.23. The highest BCUT2D eigenvalue weighted by atomic mass is 32.1. The summed E-state index contributed by atoms with van der Waals surface area (Å²) < 4.78 is 20.8. The average molecular weight is 443 g/mol. The Morgan fingerprint density at radius 1 is 1.23 bits per heavy atom. The molecule has 1 saturated heterocycles. The zero-order valence-corrected chi connectivity index (χ0v) is 18.2. The van der Waals surface area contributed by atoms with E-state index in [0.717, 1.165) is 60.6 Å². The minimum absolute atomic E-state index is 0.0111. The van der Waals surface area contributed by atoms with Crippen LogP contribution in [0.1, 0.15) is 48.7 Å². The first-order valence-corrected chi connectivity index (χ1v) is 11.8. The predicted molar refractivity (Wildman–Crippen MR) is 119 cm³/mol. The number of benzene rings is 1. The fourth-order valence-electron chi connectivity index (χ4n) is 4.59. The van der Waals surface area contributed by atoms with E-state index >= 15 is 0 Å². The van der Waals surface area contributed by atoms with Gasteiger partial charge in [-0.2, -0.15) is 9.49 Å². The summed E-state index contributed by atoms with van der Waals surface area (Å²) in [5, 5.41) is 5.89. The number of thiazole rings is 1. The van der Waals surface area contributed by atoms with Gasteiger partial charge in [-0.15, -0.1) is 0 Å². The minimum atomic E-state index is -0.428. The van der Waals surface area contributed by atoms with Crippen molar-refractivity contribution in [2.24, 2.45) is 11.8 Å². The smallest absolute Gasteiger partial charge is 0.196 e. The number of nitrogens with two attached hydrogens (primary N) is 1. The maximum atomic E-state index is 13.4. The normalized spacial score (nSPS) is 18.5. The van der Waals surface area contributed by atoms with Gasteiger partial charge in [0.25, 0.3) is 0 Å². The summed E-state index contributed by atoms with van der Waals surface area (Å²) in [6, 6.07) is 3.54. The van der Waals surface area contributed by atoms with Crippen LogP contribution in [0.4, 0.5) is 10.1 Å². The van der Waals surface area contributed by atoms with Crippen LogP contribution in [0.15, 0.2) is 24.5 Å². The molecule has 2 aliphatic rings. The second-order valence-corrected chi connectivity index (χ2v) is 9.92. The van der Waals surface area contributed by atoms with E-state index < -0.39 is 6.04 Å². The Bertz CT molecular complexity index is 1080. The average Bonchev–Trinajstić information content (AvgIpc) is 3.32. The van der Waals surface area contributed by atoms with E-state index in [1.54, 1.807) is 0 Å². The summed E-state index contributed by atoms with van der Waals surface area (Å²) in [5.74, 6) is 1.13. The SMILES string of the molecule is Nc1cc(CC2CC2)c2cnn(C(CC3CCOCC3)C(=O)Cc3ncc(F)s3)c2c1. The number of carbonyl (C=O) groups is 1. The van der Waals surface area contributed by atoms with Crippen LogP contribution in [-0.4, -0.2) is 33.8 Å². The first kappa shape index (κ1) is 20.6. The molecule has 1 unspecified atom stereocenters. The first-order chi connectivity index (χ1) is 15.1. The van der Waals surface area contributed by atoms with Gasteiger partial charge in [-0.05, 0) is 68.1 Å². The molecule has 1 aromatic carbocycles. The van der Waals surface area contributed by atoms with Gasteiger partial charge in [-0.3, -0.25) is 9.48 Å². The lowest BCUT2D eigenvalue weighted by molar-refractivity contribution is -0.122. The van der Waals surface area contributed by atoms with Crippen molar-refractivity contribution in [3.8, 4) is 0 Å². The standard InChI is InChI=1S/C23H27FN4O2S/c24-22-13-26-23(31-22)11-21(29)20(8-15-3-5-30-6-4-15)28-19-10-17(25)9-16(7-14-1-2-14)18(19)12-27-28/h9-10,12-15,20H,1-8,11,25H2. The lowest BCUT2D eigenvalue weighted by Gasteiger charge is -2.26. The molecule has 3 aromatic rings. The fraction of sp³-hybridized carbons (Fsp3) is 0.522. The van der Waals surface area contributed by atoms with Crippen LogP contribution in [0, 0.1) is 17.0 Å². The minimum Gasteiger partial charge on any atom is -0.399 e. The Morgan fingerprint density at radius 2 is 2.03 bits per heavy atom. The molecule has 0 radical (unpaired) electrons. The molecule has 2 fully saturated rings. The Labute approximate surface area is 184 Å². The second kappa shape index (κ2) is 8.67. The number of carbonyl (C=O) groups excluding carboxylic acids is 1. The summed E-state index contributed by atoms with van der Waals surface area (Å²) in [6.07, 6.45) is 9.26. The Hall–Kier alpha value is -2.32. The number of aromatic nitrogens is 3. The molecule has 1 aliphatic carbocycles. The summed E-state index contributed by atoms with van der Waals surface area (Å²) in [6.45, 7) is 1.45. The van der Waals surface area contributed by atoms with Crippen molar-refractivity contribution in [3.05, 3.63) is 40.2 Å². The van der Waals surface area contributed by atoms with E-state index in [2.05, 4.69) is 10.1 Å². The molecule has 6 nitrogen and oxygen atoms in total. The zero-order valence-electron chi connectivity index (χ0n) is 17.4. The maximum absolute atomic E-state index is 13.4. The van der Waals surface area contributed by atoms with Gasteiger partial charge in [-0.1, -0.05) is 11.3 Å². The van der Waals surface area contributed by atoms with Gasteiger partial charge in [0.1, 0.15) is 11.0 Å². The van der Waals surface area contributed by atoms with Gasteiger partial charge in [0.2, 0.25) is 0 Å². The zero-order chi connectivity index (χ0) is 21.4. The van der Waals surface area contributed by atoms with Crippen molar-refractivity contribution in [3.63, 3.8) is 0 Å². The van der Waals surface area contributed by atoms with Gasteiger partial charge in [0, 0.05) is 24.3 Å². The number of fused-ring (bicyclic) bond motifs is 1. The quantitative estimate of drug-likeness (QED) is 0.525. The summed E-state index contributed by atoms with van der Waals surface area (Å²) >= 11 is 0.931. The summed E-state index contributed by atoms with van der Waals surface area (Å²) in [4.78, 5) is 17.5. The molecular formula is C23H27FN4O2S. The van der Waals surface area contributed by atoms with Crippen molar-refractivity contribution in [2.45, 2.75) is 51.0 Å². The topological polar surface area (TPSA) is 83.0 Å². The van der Waals surface area contributed by atoms with Crippen molar-refractivity contribution in [1.29, 1.82) is 0 Å². The van der Waals surface area contributed by atoms with E-state index in [9.17, 15) is 9.18 Å². The number of anilines is 1. The third-order valence-electron chi connectivity index (χ3n) is 6.44. The lowest BCUT2D eigenvalue weighted by Crippen LogP contribution is -2.27. The van der Waals surface area contributed by atoms with Crippen molar-refractivity contribution in [1.82, 2.24) is 14.8 Å². The molecule has 5 rings (SSSR count). The maximum Gasteiger partial charge on any atom is 0.196 e. The van der Waals surface area contributed by atoms with Crippen LogP contribution in [0.5, 0.6) is 0 Å². The van der Waals surface area contributed by atoms with Crippen LogP contribution < -0.4 is 5.73 Å². The van der Waals surface area contributed by atoms with E-state index in [0.29, 0.717) is 23.0 Å². The number of hydrogen-bond donors (Lipinski definition) is 1. The van der Waals surface area contributed by atoms with Crippen LogP contribution >= 0.6 is 11.3 Å². The van der Waals surface area contributed by atoms with E-state index in [1.165, 1.54) is 24.6 Å². The van der Waals surface area contributed by atoms with Gasteiger partial charge < -0.3 is 10.5 Å². The molecule has 0 bridgehead atoms. The molecule has 0 spiro atoms. The second-order valence-electron chi connectivity index (χ2n) is 8.86. The molecule has 2 aromatic heterocycles. The molecule has 1 atom stereocenters. The number of ether oxygens (including phenoxy) is 1. The number of hydrogen-bond acceptors (Lipinski definition) is 6. The molecule has 3 heterocycles. The summed E-state index contributed by atoms with van der Waals surface area (Å²) in [7, 11) is 0. The van der Waals surface area contributed by atoms with Crippen LogP contribution in [0.25, 0.3) is 10.9 Å². The van der Waals surface area contributed by atoms with Gasteiger partial charge >= 0.3 is 0 Å². The van der Waals surface area contributed by atoms with E-state index in [4.69, 9.17) is 10.5 Å². The number of halogens is 1. The van der Waals surface area contributed by atoms with Gasteiger partial charge in [0.15, 0.2) is 10.9 Å².